The highest BCUT2D eigenvalue weighted by Crippen LogP contribution is 2.15. The standard InChI is InChI=1S/C22H32N4O6/c1-14(2)23-22(30)26-11-10-25(15(3)27)13-19(26)20(28)24-18(21(29)32-5)12-16-6-8-17(31-4)9-7-16/h6-9,14,18-19H,10-13H2,1-5H3,(H,23,30)(H,24,28)/t18-,19+/m0/s1. The molecule has 0 bridgehead atoms. The van der Waals surface area contributed by atoms with Gasteiger partial charge in [0.25, 0.3) is 0 Å². The monoisotopic (exact) mass is 448 g/mol. The van der Waals surface area contributed by atoms with Crippen LogP contribution in [0.5, 0.6) is 5.75 Å². The minimum absolute atomic E-state index is 0.0448. The highest BCUT2D eigenvalue weighted by molar-refractivity contribution is 5.91. The van der Waals surface area contributed by atoms with Crippen molar-refractivity contribution in [3.63, 3.8) is 0 Å². The number of nitrogens with one attached hydrogen (secondary N) is 2. The van der Waals surface area contributed by atoms with Gasteiger partial charge in [0, 0.05) is 32.5 Å². The molecule has 10 heteroatoms. The van der Waals surface area contributed by atoms with Crippen molar-refractivity contribution in [2.45, 2.75) is 45.3 Å². The SMILES string of the molecule is COC(=O)[C@H](Cc1ccc(OC)cc1)NC(=O)[C@H]1CN(C(C)=O)CCN1C(=O)NC(C)C. The summed E-state index contributed by atoms with van der Waals surface area (Å²) in [6.45, 7) is 5.64. The van der Waals surface area contributed by atoms with Crippen LogP contribution in [0.15, 0.2) is 24.3 Å². The first-order chi connectivity index (χ1) is 15.2. The fourth-order valence-corrected chi connectivity index (χ4v) is 3.47. The molecular weight excluding hydrogens is 416 g/mol. The van der Waals surface area contributed by atoms with Gasteiger partial charge in [-0.25, -0.2) is 9.59 Å². The first-order valence-corrected chi connectivity index (χ1v) is 10.5. The molecule has 1 aliphatic rings. The largest absolute Gasteiger partial charge is 0.497 e. The van der Waals surface area contributed by atoms with Crippen LogP contribution in [0.25, 0.3) is 0 Å². The molecule has 176 valence electrons. The Labute approximate surface area is 188 Å². The van der Waals surface area contributed by atoms with Crippen molar-refractivity contribution in [2.24, 2.45) is 0 Å². The summed E-state index contributed by atoms with van der Waals surface area (Å²) >= 11 is 0. The molecule has 1 fully saturated rings. The average molecular weight is 449 g/mol. The molecule has 0 aromatic heterocycles. The third-order valence-corrected chi connectivity index (χ3v) is 5.20. The summed E-state index contributed by atoms with van der Waals surface area (Å²) in [5.74, 6) is -0.648. The predicted octanol–water partition coefficient (Wildman–Crippen LogP) is 0.546. The average Bonchev–Trinajstić information content (AvgIpc) is 2.77. The maximum atomic E-state index is 13.2. The molecule has 0 spiro atoms. The minimum atomic E-state index is -0.955. The predicted molar refractivity (Wildman–Crippen MR) is 117 cm³/mol. The number of hydrogen-bond acceptors (Lipinski definition) is 6. The molecule has 1 saturated heterocycles. The van der Waals surface area contributed by atoms with Crippen molar-refractivity contribution < 1.29 is 28.7 Å². The van der Waals surface area contributed by atoms with Gasteiger partial charge in [-0.3, -0.25) is 9.59 Å². The molecule has 1 aromatic carbocycles. The van der Waals surface area contributed by atoms with Gasteiger partial charge in [-0.05, 0) is 31.5 Å². The van der Waals surface area contributed by atoms with Gasteiger partial charge in [0.05, 0.1) is 20.8 Å². The number of esters is 1. The molecule has 4 amide bonds. The Morgan fingerprint density at radius 1 is 1.06 bits per heavy atom. The highest BCUT2D eigenvalue weighted by atomic mass is 16.5. The molecule has 10 nitrogen and oxygen atoms in total. The van der Waals surface area contributed by atoms with Crippen molar-refractivity contribution >= 4 is 23.8 Å². The van der Waals surface area contributed by atoms with E-state index in [1.165, 1.54) is 23.8 Å². The molecule has 1 aromatic rings. The number of urea groups is 1. The van der Waals surface area contributed by atoms with Gasteiger partial charge in [0.2, 0.25) is 11.8 Å². The Kier molecular flexibility index (Phi) is 8.86. The van der Waals surface area contributed by atoms with E-state index in [-0.39, 0.29) is 31.5 Å². The number of carbonyl (C=O) groups is 4. The van der Waals surface area contributed by atoms with Crippen LogP contribution in [0.2, 0.25) is 0 Å². The zero-order valence-electron chi connectivity index (χ0n) is 19.2. The number of benzene rings is 1. The summed E-state index contributed by atoms with van der Waals surface area (Å²) in [5.41, 5.74) is 0.796. The van der Waals surface area contributed by atoms with E-state index in [0.717, 1.165) is 5.56 Å². The molecule has 0 saturated carbocycles. The Bertz CT molecular complexity index is 826. The molecule has 2 N–H and O–H groups in total. The topological polar surface area (TPSA) is 117 Å². The van der Waals surface area contributed by atoms with Gasteiger partial charge < -0.3 is 29.9 Å². The van der Waals surface area contributed by atoms with Gasteiger partial charge in [0.15, 0.2) is 0 Å². The maximum Gasteiger partial charge on any atom is 0.328 e. The van der Waals surface area contributed by atoms with E-state index in [2.05, 4.69) is 10.6 Å². The van der Waals surface area contributed by atoms with Crippen LogP contribution in [0.3, 0.4) is 0 Å². The second-order valence-corrected chi connectivity index (χ2v) is 7.91. The lowest BCUT2D eigenvalue weighted by atomic mass is 10.0. The fourth-order valence-electron chi connectivity index (χ4n) is 3.47. The number of ether oxygens (including phenoxy) is 2. The van der Waals surface area contributed by atoms with E-state index in [0.29, 0.717) is 12.3 Å². The van der Waals surface area contributed by atoms with Crippen LogP contribution in [-0.4, -0.2) is 85.6 Å². The summed E-state index contributed by atoms with van der Waals surface area (Å²) in [4.78, 5) is 53.0. The molecule has 1 aliphatic heterocycles. The van der Waals surface area contributed by atoms with Crippen LogP contribution in [0.4, 0.5) is 4.79 Å². The third-order valence-electron chi connectivity index (χ3n) is 5.20. The Hall–Kier alpha value is -3.30. The lowest BCUT2D eigenvalue weighted by Gasteiger charge is -2.40. The van der Waals surface area contributed by atoms with E-state index in [9.17, 15) is 19.2 Å². The molecule has 2 atom stereocenters. The van der Waals surface area contributed by atoms with Crippen molar-refractivity contribution in [3.05, 3.63) is 29.8 Å². The number of amides is 4. The summed E-state index contributed by atoms with van der Waals surface area (Å²) in [7, 11) is 2.80. The maximum absolute atomic E-state index is 13.2. The summed E-state index contributed by atoms with van der Waals surface area (Å²) in [6.07, 6.45) is 0.198. The van der Waals surface area contributed by atoms with E-state index < -0.39 is 30.0 Å². The number of piperazine rings is 1. The van der Waals surface area contributed by atoms with Gasteiger partial charge in [0.1, 0.15) is 17.8 Å². The number of methoxy groups -OCH3 is 2. The van der Waals surface area contributed by atoms with Crippen LogP contribution >= 0.6 is 0 Å². The van der Waals surface area contributed by atoms with Crippen molar-refractivity contribution in [1.29, 1.82) is 0 Å². The second kappa shape index (κ2) is 11.4. The van der Waals surface area contributed by atoms with Crippen LogP contribution in [0, 0.1) is 0 Å². The molecule has 0 unspecified atom stereocenters. The van der Waals surface area contributed by atoms with Crippen LogP contribution in [0.1, 0.15) is 26.3 Å². The first-order valence-electron chi connectivity index (χ1n) is 10.5. The molecule has 0 aliphatic carbocycles. The third kappa shape index (κ3) is 6.60. The first kappa shape index (κ1) is 25.0. The van der Waals surface area contributed by atoms with Crippen molar-refractivity contribution in [2.75, 3.05) is 33.9 Å². The summed E-state index contributed by atoms with van der Waals surface area (Å²) < 4.78 is 10.0. The van der Waals surface area contributed by atoms with Gasteiger partial charge in [-0.2, -0.15) is 0 Å². The Morgan fingerprint density at radius 2 is 1.72 bits per heavy atom. The zero-order chi connectivity index (χ0) is 23.8. The smallest absolute Gasteiger partial charge is 0.328 e. The number of carbonyl (C=O) groups excluding carboxylic acids is 4. The van der Waals surface area contributed by atoms with E-state index in [1.54, 1.807) is 31.4 Å². The lowest BCUT2D eigenvalue weighted by molar-refractivity contribution is -0.146. The molecule has 2 rings (SSSR count). The van der Waals surface area contributed by atoms with Gasteiger partial charge >= 0.3 is 12.0 Å². The van der Waals surface area contributed by atoms with Crippen molar-refractivity contribution in [3.8, 4) is 5.75 Å². The molecule has 1 heterocycles. The van der Waals surface area contributed by atoms with E-state index in [4.69, 9.17) is 9.47 Å². The van der Waals surface area contributed by atoms with Crippen LogP contribution in [-0.2, 0) is 25.5 Å². The lowest BCUT2D eigenvalue weighted by Crippen LogP contribution is -2.64. The van der Waals surface area contributed by atoms with Gasteiger partial charge in [-0.15, -0.1) is 0 Å². The minimum Gasteiger partial charge on any atom is -0.497 e. The Morgan fingerprint density at radius 3 is 2.25 bits per heavy atom. The molecular formula is C22H32N4O6. The number of rotatable bonds is 7. The zero-order valence-corrected chi connectivity index (χ0v) is 19.2. The van der Waals surface area contributed by atoms with E-state index >= 15 is 0 Å². The van der Waals surface area contributed by atoms with Crippen LogP contribution < -0.4 is 15.4 Å². The number of nitrogens with zero attached hydrogens (tertiary/aromatic N) is 2. The van der Waals surface area contributed by atoms with E-state index in [1.807, 2.05) is 13.8 Å². The normalized spacial score (nSPS) is 16.9. The second-order valence-electron chi connectivity index (χ2n) is 7.91. The quantitative estimate of drug-likeness (QED) is 0.588. The Balaban J connectivity index is 2.20. The molecule has 0 radical (unpaired) electrons. The fraction of sp³-hybridized carbons (Fsp3) is 0.545. The van der Waals surface area contributed by atoms with Crippen molar-refractivity contribution in [1.82, 2.24) is 20.4 Å². The number of hydrogen-bond donors (Lipinski definition) is 2. The summed E-state index contributed by atoms with van der Waals surface area (Å²) in [6, 6.07) is 4.70. The summed E-state index contributed by atoms with van der Waals surface area (Å²) in [5, 5.41) is 5.49. The highest BCUT2D eigenvalue weighted by Gasteiger charge is 2.38. The van der Waals surface area contributed by atoms with Gasteiger partial charge in [-0.1, -0.05) is 12.1 Å². The molecule has 32 heavy (non-hydrogen) atoms.